The minimum Gasteiger partial charge on any atom is -0.382 e. The number of likely N-dealkylation sites (N-methyl/N-ethyl adjacent to an activating group) is 1. The number of benzene rings is 1. The smallest absolute Gasteiger partial charge is 0.178 e. The van der Waals surface area contributed by atoms with Gasteiger partial charge in [0, 0.05) is 13.0 Å². The van der Waals surface area contributed by atoms with Crippen molar-refractivity contribution in [1.82, 2.24) is 5.32 Å². The number of ketones is 1. The Hall–Kier alpha value is -1.57. The van der Waals surface area contributed by atoms with Crippen LogP contribution in [0.3, 0.4) is 0 Å². The summed E-state index contributed by atoms with van der Waals surface area (Å²) in [6.07, 6.45) is 2.64. The van der Waals surface area contributed by atoms with Crippen LogP contribution in [0.2, 0.25) is 0 Å². The molecule has 0 heterocycles. The van der Waals surface area contributed by atoms with Gasteiger partial charge in [0.05, 0.1) is 5.70 Å². The van der Waals surface area contributed by atoms with E-state index in [2.05, 4.69) is 36.5 Å². The Kier molecular flexibility index (Phi) is 3.62. The number of carbonyl (C=O) groups is 1. The predicted octanol–water partition coefficient (Wildman–Crippen LogP) is 3.07. The average molecular weight is 229 g/mol. The molecule has 0 aliphatic heterocycles. The van der Waals surface area contributed by atoms with E-state index in [-0.39, 0.29) is 5.78 Å². The van der Waals surface area contributed by atoms with E-state index in [4.69, 9.17) is 0 Å². The van der Waals surface area contributed by atoms with Crippen molar-refractivity contribution in [3.8, 4) is 0 Å². The zero-order valence-electron chi connectivity index (χ0n) is 10.5. The number of allylic oxidation sites excluding steroid dienone is 2. The van der Waals surface area contributed by atoms with E-state index in [9.17, 15) is 4.79 Å². The molecule has 0 saturated heterocycles. The molecule has 1 aliphatic rings. The van der Waals surface area contributed by atoms with Gasteiger partial charge >= 0.3 is 0 Å². The Bertz CT molecular complexity index is 442. The van der Waals surface area contributed by atoms with Crippen LogP contribution in [0.5, 0.6) is 0 Å². The first-order valence-electron chi connectivity index (χ1n) is 6.29. The fourth-order valence-electron chi connectivity index (χ4n) is 2.27. The van der Waals surface area contributed by atoms with Gasteiger partial charge in [0.15, 0.2) is 5.78 Å². The average Bonchev–Trinajstić information content (AvgIpc) is 2.33. The van der Waals surface area contributed by atoms with Gasteiger partial charge in [-0.05, 0) is 37.8 Å². The van der Waals surface area contributed by atoms with E-state index in [1.807, 2.05) is 6.92 Å². The van der Waals surface area contributed by atoms with E-state index in [1.165, 1.54) is 16.7 Å². The molecule has 2 rings (SSSR count). The summed E-state index contributed by atoms with van der Waals surface area (Å²) < 4.78 is 0. The first-order valence-corrected chi connectivity index (χ1v) is 6.29. The summed E-state index contributed by atoms with van der Waals surface area (Å²) in [5, 5.41) is 3.23. The number of Topliss-reactive ketones (excluding diaryl/α,β-unsaturated/α-hetero) is 1. The summed E-state index contributed by atoms with van der Waals surface area (Å²) in [4.78, 5) is 11.9. The van der Waals surface area contributed by atoms with Gasteiger partial charge < -0.3 is 5.32 Å². The summed E-state index contributed by atoms with van der Waals surface area (Å²) >= 11 is 0. The van der Waals surface area contributed by atoms with Crippen LogP contribution in [0.1, 0.15) is 37.3 Å². The number of carbonyl (C=O) groups excluding carboxylic acids is 1. The number of rotatable bonds is 3. The Morgan fingerprint density at radius 1 is 1.18 bits per heavy atom. The van der Waals surface area contributed by atoms with Gasteiger partial charge in [-0.1, -0.05) is 29.8 Å². The molecule has 1 N–H and O–H groups in total. The Morgan fingerprint density at radius 2 is 1.88 bits per heavy atom. The van der Waals surface area contributed by atoms with Gasteiger partial charge in [-0.15, -0.1) is 0 Å². The SMILES string of the molecule is CCNC1=C(c2ccc(C)cc2)CCCC1=O. The van der Waals surface area contributed by atoms with Crippen LogP contribution in [-0.4, -0.2) is 12.3 Å². The second kappa shape index (κ2) is 5.17. The molecule has 2 nitrogen and oxygen atoms in total. The lowest BCUT2D eigenvalue weighted by Crippen LogP contribution is -2.24. The normalized spacial score (nSPS) is 16.2. The van der Waals surface area contributed by atoms with E-state index in [1.54, 1.807) is 0 Å². The maximum atomic E-state index is 11.9. The summed E-state index contributed by atoms with van der Waals surface area (Å²) in [6.45, 7) is 4.91. The van der Waals surface area contributed by atoms with E-state index in [0.29, 0.717) is 6.42 Å². The van der Waals surface area contributed by atoms with Crippen molar-refractivity contribution in [3.05, 3.63) is 41.1 Å². The Labute approximate surface area is 103 Å². The maximum Gasteiger partial charge on any atom is 0.178 e. The fourth-order valence-corrected chi connectivity index (χ4v) is 2.27. The molecule has 0 atom stereocenters. The molecule has 0 saturated carbocycles. The fraction of sp³-hybridized carbons (Fsp3) is 0.400. The highest BCUT2D eigenvalue weighted by Gasteiger charge is 2.20. The van der Waals surface area contributed by atoms with Gasteiger partial charge in [0.25, 0.3) is 0 Å². The van der Waals surface area contributed by atoms with Crippen LogP contribution in [0.25, 0.3) is 5.57 Å². The molecule has 0 fully saturated rings. The van der Waals surface area contributed by atoms with Crippen molar-refractivity contribution >= 4 is 11.4 Å². The quantitative estimate of drug-likeness (QED) is 0.863. The zero-order valence-corrected chi connectivity index (χ0v) is 10.5. The highest BCUT2D eigenvalue weighted by molar-refractivity contribution is 6.03. The van der Waals surface area contributed by atoms with Crippen molar-refractivity contribution in [2.75, 3.05) is 6.54 Å². The minimum atomic E-state index is 0.258. The van der Waals surface area contributed by atoms with Crippen molar-refractivity contribution in [2.24, 2.45) is 0 Å². The highest BCUT2D eigenvalue weighted by atomic mass is 16.1. The molecule has 1 aromatic carbocycles. The van der Waals surface area contributed by atoms with Crippen LogP contribution >= 0.6 is 0 Å². The summed E-state index contributed by atoms with van der Waals surface area (Å²) in [5.41, 5.74) is 4.45. The van der Waals surface area contributed by atoms with Crippen LogP contribution in [0.15, 0.2) is 30.0 Å². The number of hydrogen-bond acceptors (Lipinski definition) is 2. The molecular formula is C15H19NO. The standard InChI is InChI=1S/C15H19NO/c1-3-16-15-13(5-4-6-14(15)17)12-9-7-11(2)8-10-12/h7-10,16H,3-6H2,1-2H3. The van der Waals surface area contributed by atoms with Gasteiger partial charge in [0.1, 0.15) is 0 Å². The van der Waals surface area contributed by atoms with Crippen LogP contribution in [-0.2, 0) is 4.79 Å². The van der Waals surface area contributed by atoms with Crippen molar-refractivity contribution in [1.29, 1.82) is 0 Å². The van der Waals surface area contributed by atoms with Crippen LogP contribution in [0.4, 0.5) is 0 Å². The molecule has 1 aromatic rings. The van der Waals surface area contributed by atoms with E-state index in [0.717, 1.165) is 25.1 Å². The molecule has 1 aliphatic carbocycles. The summed E-state index contributed by atoms with van der Waals surface area (Å²) in [5.74, 6) is 0.258. The summed E-state index contributed by atoms with van der Waals surface area (Å²) in [6, 6.07) is 8.43. The molecule has 0 amide bonds. The molecule has 0 spiro atoms. The lowest BCUT2D eigenvalue weighted by molar-refractivity contribution is -0.116. The molecular weight excluding hydrogens is 210 g/mol. The first kappa shape index (κ1) is 11.9. The molecule has 90 valence electrons. The lowest BCUT2D eigenvalue weighted by Gasteiger charge is -2.20. The Balaban J connectivity index is 2.41. The van der Waals surface area contributed by atoms with Crippen molar-refractivity contribution < 1.29 is 4.79 Å². The van der Waals surface area contributed by atoms with Gasteiger partial charge in [0.2, 0.25) is 0 Å². The third-order valence-corrected chi connectivity index (χ3v) is 3.16. The largest absolute Gasteiger partial charge is 0.382 e. The number of nitrogens with one attached hydrogen (secondary N) is 1. The first-order chi connectivity index (χ1) is 8.22. The lowest BCUT2D eigenvalue weighted by atomic mass is 9.90. The van der Waals surface area contributed by atoms with Gasteiger partial charge in [-0.2, -0.15) is 0 Å². The molecule has 17 heavy (non-hydrogen) atoms. The Morgan fingerprint density at radius 3 is 2.53 bits per heavy atom. The van der Waals surface area contributed by atoms with E-state index >= 15 is 0 Å². The number of aryl methyl sites for hydroxylation is 1. The molecule has 0 radical (unpaired) electrons. The van der Waals surface area contributed by atoms with Gasteiger partial charge in [-0.25, -0.2) is 0 Å². The molecule has 0 unspecified atom stereocenters. The third-order valence-electron chi connectivity index (χ3n) is 3.16. The van der Waals surface area contributed by atoms with Gasteiger partial charge in [-0.3, -0.25) is 4.79 Å². The second-order valence-corrected chi connectivity index (χ2v) is 4.53. The van der Waals surface area contributed by atoms with Crippen LogP contribution in [0, 0.1) is 6.92 Å². The predicted molar refractivity (Wildman–Crippen MR) is 70.6 cm³/mol. The van der Waals surface area contributed by atoms with Crippen molar-refractivity contribution in [2.45, 2.75) is 33.1 Å². The van der Waals surface area contributed by atoms with Crippen LogP contribution < -0.4 is 5.32 Å². The second-order valence-electron chi connectivity index (χ2n) is 4.53. The topological polar surface area (TPSA) is 29.1 Å². The molecule has 0 aromatic heterocycles. The maximum absolute atomic E-state index is 11.9. The third kappa shape index (κ3) is 2.57. The van der Waals surface area contributed by atoms with E-state index < -0.39 is 0 Å². The van der Waals surface area contributed by atoms with Crippen molar-refractivity contribution in [3.63, 3.8) is 0 Å². The minimum absolute atomic E-state index is 0.258. The molecule has 2 heteroatoms. The molecule has 0 bridgehead atoms. The highest BCUT2D eigenvalue weighted by Crippen LogP contribution is 2.29. The zero-order chi connectivity index (χ0) is 12.3. The monoisotopic (exact) mass is 229 g/mol. The number of hydrogen-bond donors (Lipinski definition) is 1. The summed E-state index contributed by atoms with van der Waals surface area (Å²) in [7, 11) is 0.